The molecule has 4 heteroatoms. The van der Waals surface area contributed by atoms with Crippen LogP contribution in [0.15, 0.2) is 18.2 Å². The first-order valence-corrected chi connectivity index (χ1v) is 8.72. The predicted octanol–water partition coefficient (Wildman–Crippen LogP) is 2.43. The number of piperidine rings is 1. The van der Waals surface area contributed by atoms with E-state index in [9.17, 15) is 5.11 Å². The van der Waals surface area contributed by atoms with Gasteiger partial charge < -0.3 is 20.1 Å². The van der Waals surface area contributed by atoms with Gasteiger partial charge in [-0.25, -0.2) is 0 Å². The fourth-order valence-corrected chi connectivity index (χ4v) is 3.31. The van der Waals surface area contributed by atoms with Gasteiger partial charge in [0.15, 0.2) is 0 Å². The Labute approximate surface area is 140 Å². The minimum Gasteiger partial charge on any atom is -0.389 e. The first-order chi connectivity index (χ1) is 11.0. The lowest BCUT2D eigenvalue weighted by Crippen LogP contribution is -2.46. The summed E-state index contributed by atoms with van der Waals surface area (Å²) in [6.07, 6.45) is 1.89. The van der Waals surface area contributed by atoms with Crippen LogP contribution >= 0.6 is 0 Å². The summed E-state index contributed by atoms with van der Waals surface area (Å²) < 4.78 is 5.00. The molecule has 1 saturated heterocycles. The maximum absolute atomic E-state index is 9.83. The van der Waals surface area contributed by atoms with Crippen molar-refractivity contribution < 1.29 is 9.84 Å². The van der Waals surface area contributed by atoms with Gasteiger partial charge in [0.2, 0.25) is 0 Å². The van der Waals surface area contributed by atoms with Crippen LogP contribution in [0.25, 0.3) is 0 Å². The molecule has 2 atom stereocenters. The molecule has 4 nitrogen and oxygen atoms in total. The lowest BCUT2D eigenvalue weighted by Gasteiger charge is -2.35. The number of nitrogens with zero attached hydrogens (tertiary/aromatic N) is 1. The minimum atomic E-state index is -0.376. The van der Waals surface area contributed by atoms with E-state index >= 15 is 0 Å². The molecule has 1 heterocycles. The first-order valence-electron chi connectivity index (χ1n) is 8.72. The molecule has 1 fully saturated rings. The standard InChI is InChI=1S/C19H32N2O2/c1-14-5-6-17(11-15(14)2)16(3)20-18-7-9-21(10-8-18)12-19(22)13-23-4/h5-6,11,16,18-20,22H,7-10,12-13H2,1-4H3. The summed E-state index contributed by atoms with van der Waals surface area (Å²) in [5.74, 6) is 0. The topological polar surface area (TPSA) is 44.7 Å². The summed E-state index contributed by atoms with van der Waals surface area (Å²) in [5.41, 5.74) is 4.08. The normalized spacial score (nSPS) is 19.7. The highest BCUT2D eigenvalue weighted by Gasteiger charge is 2.22. The highest BCUT2D eigenvalue weighted by Crippen LogP contribution is 2.20. The largest absolute Gasteiger partial charge is 0.389 e. The monoisotopic (exact) mass is 320 g/mol. The summed E-state index contributed by atoms with van der Waals surface area (Å²) in [4.78, 5) is 2.34. The van der Waals surface area contributed by atoms with E-state index in [1.807, 2.05) is 0 Å². The molecule has 1 aromatic rings. The second kappa shape index (κ2) is 8.78. The molecule has 0 spiro atoms. The van der Waals surface area contributed by atoms with Crippen molar-refractivity contribution in [2.45, 2.75) is 51.8 Å². The van der Waals surface area contributed by atoms with Crippen molar-refractivity contribution in [3.63, 3.8) is 0 Å². The second-order valence-corrected chi connectivity index (χ2v) is 6.92. The number of β-amino-alcohol motifs (C(OH)–C–C–N with tert-alkyl or cyclic N) is 1. The van der Waals surface area contributed by atoms with Gasteiger partial charge in [-0.1, -0.05) is 18.2 Å². The fourth-order valence-electron chi connectivity index (χ4n) is 3.31. The van der Waals surface area contributed by atoms with Crippen molar-refractivity contribution >= 4 is 0 Å². The van der Waals surface area contributed by atoms with Gasteiger partial charge in [-0.15, -0.1) is 0 Å². The molecular formula is C19H32N2O2. The maximum atomic E-state index is 9.83. The van der Waals surface area contributed by atoms with Crippen LogP contribution in [0.3, 0.4) is 0 Å². The Bertz CT molecular complexity index is 484. The van der Waals surface area contributed by atoms with Crippen molar-refractivity contribution in [1.29, 1.82) is 0 Å². The van der Waals surface area contributed by atoms with Crippen LogP contribution in [-0.2, 0) is 4.74 Å². The third-order valence-electron chi connectivity index (χ3n) is 4.93. The van der Waals surface area contributed by atoms with Gasteiger partial charge in [-0.3, -0.25) is 0 Å². The average Bonchev–Trinajstić information content (AvgIpc) is 2.52. The number of benzene rings is 1. The molecule has 0 radical (unpaired) electrons. The molecule has 0 saturated carbocycles. The molecule has 23 heavy (non-hydrogen) atoms. The molecule has 0 bridgehead atoms. The van der Waals surface area contributed by atoms with E-state index in [4.69, 9.17) is 4.74 Å². The summed E-state index contributed by atoms with van der Waals surface area (Å²) >= 11 is 0. The van der Waals surface area contributed by atoms with Gasteiger partial charge in [0.05, 0.1) is 12.7 Å². The summed E-state index contributed by atoms with van der Waals surface area (Å²) in [7, 11) is 1.63. The van der Waals surface area contributed by atoms with E-state index in [0.717, 1.165) is 25.9 Å². The van der Waals surface area contributed by atoms with Crippen LogP contribution in [0.2, 0.25) is 0 Å². The van der Waals surface area contributed by atoms with E-state index in [1.165, 1.54) is 16.7 Å². The molecule has 2 unspecified atom stereocenters. The van der Waals surface area contributed by atoms with E-state index < -0.39 is 0 Å². The molecule has 1 aliphatic rings. The number of hydrogen-bond donors (Lipinski definition) is 2. The average molecular weight is 320 g/mol. The first kappa shape index (κ1) is 18.4. The summed E-state index contributed by atoms with van der Waals surface area (Å²) in [6, 6.07) is 7.68. The van der Waals surface area contributed by atoms with Crippen LogP contribution in [-0.4, -0.2) is 55.5 Å². The van der Waals surface area contributed by atoms with E-state index in [2.05, 4.69) is 49.2 Å². The van der Waals surface area contributed by atoms with Crippen molar-refractivity contribution in [3.05, 3.63) is 34.9 Å². The van der Waals surface area contributed by atoms with Gasteiger partial charge >= 0.3 is 0 Å². The van der Waals surface area contributed by atoms with Crippen LogP contribution in [0.5, 0.6) is 0 Å². The molecule has 2 rings (SSSR count). The molecule has 1 aromatic carbocycles. The van der Waals surface area contributed by atoms with Crippen molar-refractivity contribution in [1.82, 2.24) is 10.2 Å². The Morgan fingerprint density at radius 1 is 1.26 bits per heavy atom. The van der Waals surface area contributed by atoms with Crippen molar-refractivity contribution in [2.75, 3.05) is 33.4 Å². The third-order valence-corrected chi connectivity index (χ3v) is 4.93. The molecule has 0 aromatic heterocycles. The smallest absolute Gasteiger partial charge is 0.0900 e. The molecule has 130 valence electrons. The number of likely N-dealkylation sites (tertiary alicyclic amines) is 1. The molecular weight excluding hydrogens is 288 g/mol. The number of aryl methyl sites for hydroxylation is 2. The Morgan fingerprint density at radius 3 is 2.57 bits per heavy atom. The highest BCUT2D eigenvalue weighted by molar-refractivity contribution is 5.31. The number of aliphatic hydroxyl groups excluding tert-OH is 1. The van der Waals surface area contributed by atoms with Gasteiger partial charge in [0, 0.05) is 25.7 Å². The number of nitrogens with one attached hydrogen (secondary N) is 1. The number of rotatable bonds is 7. The van der Waals surface area contributed by atoms with Gasteiger partial charge in [0.1, 0.15) is 0 Å². The van der Waals surface area contributed by atoms with Gasteiger partial charge in [-0.05, 0) is 63.4 Å². The van der Waals surface area contributed by atoms with Gasteiger partial charge in [-0.2, -0.15) is 0 Å². The Balaban J connectivity index is 1.78. The predicted molar refractivity (Wildman–Crippen MR) is 94.8 cm³/mol. The Hall–Kier alpha value is -0.940. The minimum absolute atomic E-state index is 0.376. The van der Waals surface area contributed by atoms with Crippen LogP contribution < -0.4 is 5.32 Å². The number of hydrogen-bond acceptors (Lipinski definition) is 4. The van der Waals surface area contributed by atoms with Crippen LogP contribution in [0, 0.1) is 13.8 Å². The zero-order valence-corrected chi connectivity index (χ0v) is 15.0. The van der Waals surface area contributed by atoms with E-state index in [-0.39, 0.29) is 6.10 Å². The Morgan fingerprint density at radius 2 is 1.96 bits per heavy atom. The molecule has 2 N–H and O–H groups in total. The van der Waals surface area contributed by atoms with Gasteiger partial charge in [0.25, 0.3) is 0 Å². The lowest BCUT2D eigenvalue weighted by atomic mass is 9.99. The fraction of sp³-hybridized carbons (Fsp3) is 0.684. The zero-order valence-electron chi connectivity index (χ0n) is 15.0. The van der Waals surface area contributed by atoms with E-state index in [1.54, 1.807) is 7.11 Å². The third kappa shape index (κ3) is 5.57. The van der Waals surface area contributed by atoms with Crippen LogP contribution in [0.1, 0.15) is 42.5 Å². The number of aliphatic hydroxyl groups is 1. The second-order valence-electron chi connectivity index (χ2n) is 6.92. The van der Waals surface area contributed by atoms with E-state index in [0.29, 0.717) is 25.2 Å². The molecule has 1 aliphatic heterocycles. The molecule has 0 aliphatic carbocycles. The highest BCUT2D eigenvalue weighted by atomic mass is 16.5. The summed E-state index contributed by atoms with van der Waals surface area (Å²) in [6.45, 7) is 9.80. The Kier molecular flexibility index (Phi) is 7.03. The van der Waals surface area contributed by atoms with Crippen molar-refractivity contribution in [2.24, 2.45) is 0 Å². The summed E-state index contributed by atoms with van der Waals surface area (Å²) in [5, 5.41) is 13.6. The quantitative estimate of drug-likeness (QED) is 0.810. The maximum Gasteiger partial charge on any atom is 0.0900 e. The number of ether oxygens (including phenoxy) is 1. The molecule has 0 amide bonds. The number of methoxy groups -OCH3 is 1. The lowest BCUT2D eigenvalue weighted by molar-refractivity contribution is 0.0308. The SMILES string of the molecule is COCC(O)CN1CCC(NC(C)c2ccc(C)c(C)c2)CC1. The zero-order chi connectivity index (χ0) is 16.8. The van der Waals surface area contributed by atoms with Crippen molar-refractivity contribution in [3.8, 4) is 0 Å². The van der Waals surface area contributed by atoms with Crippen LogP contribution in [0.4, 0.5) is 0 Å².